The maximum atomic E-state index is 11.9. The number of rotatable bonds is 7. The first-order valence-electron chi connectivity index (χ1n) is 8.24. The summed E-state index contributed by atoms with van der Waals surface area (Å²) in [5.41, 5.74) is 2.61. The van der Waals surface area contributed by atoms with Gasteiger partial charge in [-0.3, -0.25) is 14.5 Å². The predicted molar refractivity (Wildman–Crippen MR) is 89.0 cm³/mol. The number of ether oxygens (including phenoxy) is 1. The van der Waals surface area contributed by atoms with Crippen molar-refractivity contribution in [3.8, 4) is 0 Å². The summed E-state index contributed by atoms with van der Waals surface area (Å²) in [7, 11) is 1.35. The second kappa shape index (κ2) is 8.67. The highest BCUT2D eigenvalue weighted by molar-refractivity contribution is 5.77. The molecule has 0 radical (unpaired) electrons. The number of amides is 1. The van der Waals surface area contributed by atoms with E-state index in [2.05, 4.69) is 46.1 Å². The van der Waals surface area contributed by atoms with Crippen LogP contribution in [0.15, 0.2) is 24.3 Å². The quantitative estimate of drug-likeness (QED) is 0.783. The van der Waals surface area contributed by atoms with Crippen molar-refractivity contribution >= 4 is 11.9 Å². The van der Waals surface area contributed by atoms with E-state index >= 15 is 0 Å². The Balaban J connectivity index is 1.78. The van der Waals surface area contributed by atoms with Crippen molar-refractivity contribution < 1.29 is 14.3 Å². The van der Waals surface area contributed by atoms with Gasteiger partial charge in [0.1, 0.15) is 0 Å². The molecule has 1 aliphatic rings. The molecule has 1 atom stereocenters. The minimum Gasteiger partial charge on any atom is -0.469 e. The molecule has 0 aromatic heterocycles. The zero-order valence-electron chi connectivity index (χ0n) is 14.0. The van der Waals surface area contributed by atoms with Gasteiger partial charge in [-0.2, -0.15) is 0 Å². The zero-order chi connectivity index (χ0) is 16.7. The molecular formula is C18H26N2O3. The molecule has 1 saturated heterocycles. The summed E-state index contributed by atoms with van der Waals surface area (Å²) in [5, 5.41) is 2.77. The van der Waals surface area contributed by atoms with Gasteiger partial charge >= 0.3 is 5.97 Å². The van der Waals surface area contributed by atoms with Crippen molar-refractivity contribution in [1.29, 1.82) is 0 Å². The second-order valence-corrected chi connectivity index (χ2v) is 6.03. The summed E-state index contributed by atoms with van der Waals surface area (Å²) < 4.78 is 4.55. The largest absolute Gasteiger partial charge is 0.469 e. The van der Waals surface area contributed by atoms with Crippen molar-refractivity contribution in [2.45, 2.75) is 38.6 Å². The molecule has 0 saturated carbocycles. The number of hydrogen-bond donors (Lipinski definition) is 1. The highest BCUT2D eigenvalue weighted by Crippen LogP contribution is 2.32. The van der Waals surface area contributed by atoms with Gasteiger partial charge in [-0.15, -0.1) is 0 Å². The third-order valence-corrected chi connectivity index (χ3v) is 4.30. The molecule has 0 bridgehead atoms. The third-order valence-electron chi connectivity index (χ3n) is 4.30. The van der Waals surface area contributed by atoms with E-state index in [4.69, 9.17) is 0 Å². The van der Waals surface area contributed by atoms with E-state index in [1.165, 1.54) is 24.7 Å². The molecule has 0 spiro atoms. The number of nitrogens with one attached hydrogen (secondary N) is 1. The first kappa shape index (κ1) is 17.5. The van der Waals surface area contributed by atoms with E-state index in [0.717, 1.165) is 19.5 Å². The minimum absolute atomic E-state index is 0.0104. The fourth-order valence-corrected chi connectivity index (χ4v) is 3.09. The summed E-state index contributed by atoms with van der Waals surface area (Å²) in [4.78, 5) is 25.3. The Morgan fingerprint density at radius 1 is 1.35 bits per heavy atom. The minimum atomic E-state index is -0.302. The Kier molecular flexibility index (Phi) is 6.59. The van der Waals surface area contributed by atoms with Gasteiger partial charge in [0.25, 0.3) is 0 Å². The first-order chi connectivity index (χ1) is 11.1. The molecule has 2 rings (SSSR count). The number of esters is 1. The van der Waals surface area contributed by atoms with Crippen LogP contribution in [-0.4, -0.2) is 43.5 Å². The highest BCUT2D eigenvalue weighted by Gasteiger charge is 2.26. The number of aryl methyl sites for hydroxylation is 1. The molecule has 0 aliphatic carbocycles. The van der Waals surface area contributed by atoms with Crippen LogP contribution in [0.3, 0.4) is 0 Å². The van der Waals surface area contributed by atoms with Crippen molar-refractivity contribution in [2.24, 2.45) is 0 Å². The summed E-state index contributed by atoms with van der Waals surface area (Å²) >= 11 is 0. The summed E-state index contributed by atoms with van der Waals surface area (Å²) in [6.07, 6.45) is 3.00. The van der Waals surface area contributed by atoms with E-state index in [-0.39, 0.29) is 18.3 Å². The molecule has 1 N–H and O–H groups in total. The molecule has 1 fully saturated rings. The lowest BCUT2D eigenvalue weighted by molar-refractivity contribution is -0.140. The summed E-state index contributed by atoms with van der Waals surface area (Å²) in [6.45, 7) is 4.24. The normalized spacial score (nSPS) is 17.9. The van der Waals surface area contributed by atoms with Gasteiger partial charge in [0.2, 0.25) is 5.91 Å². The molecule has 5 nitrogen and oxygen atoms in total. The van der Waals surface area contributed by atoms with E-state index in [9.17, 15) is 9.59 Å². The fourth-order valence-electron chi connectivity index (χ4n) is 3.09. The molecular weight excluding hydrogens is 292 g/mol. The van der Waals surface area contributed by atoms with E-state index in [0.29, 0.717) is 19.0 Å². The topological polar surface area (TPSA) is 58.6 Å². The van der Waals surface area contributed by atoms with Gasteiger partial charge in [-0.1, -0.05) is 29.8 Å². The number of nitrogens with zero attached hydrogens (tertiary/aromatic N) is 1. The van der Waals surface area contributed by atoms with Crippen molar-refractivity contribution in [3.05, 3.63) is 35.4 Å². The van der Waals surface area contributed by atoms with Crippen LogP contribution < -0.4 is 5.32 Å². The second-order valence-electron chi connectivity index (χ2n) is 6.03. The zero-order valence-corrected chi connectivity index (χ0v) is 14.0. The number of carbonyl (C=O) groups excluding carboxylic acids is 2. The van der Waals surface area contributed by atoms with Crippen LogP contribution in [0.1, 0.15) is 42.9 Å². The highest BCUT2D eigenvalue weighted by atomic mass is 16.5. The van der Waals surface area contributed by atoms with Gasteiger partial charge in [-0.05, 0) is 31.9 Å². The van der Waals surface area contributed by atoms with Crippen molar-refractivity contribution in [2.75, 3.05) is 26.7 Å². The number of methoxy groups -OCH3 is 1. The Labute approximate surface area is 138 Å². The molecule has 1 aromatic carbocycles. The van der Waals surface area contributed by atoms with E-state index in [1.54, 1.807) is 0 Å². The van der Waals surface area contributed by atoms with Crippen molar-refractivity contribution in [3.63, 3.8) is 0 Å². The van der Waals surface area contributed by atoms with Crippen LogP contribution in [0.4, 0.5) is 0 Å². The van der Waals surface area contributed by atoms with Gasteiger partial charge < -0.3 is 10.1 Å². The van der Waals surface area contributed by atoms with Crippen LogP contribution in [0.25, 0.3) is 0 Å². The summed E-state index contributed by atoms with van der Waals surface area (Å²) in [5.74, 6) is -0.312. The van der Waals surface area contributed by atoms with Gasteiger partial charge in [-0.25, -0.2) is 0 Å². The van der Waals surface area contributed by atoms with Crippen LogP contribution in [-0.2, 0) is 14.3 Å². The lowest BCUT2D eigenvalue weighted by Gasteiger charge is -2.24. The Morgan fingerprint density at radius 2 is 2.17 bits per heavy atom. The van der Waals surface area contributed by atoms with E-state index < -0.39 is 0 Å². The molecule has 5 heteroatoms. The lowest BCUT2D eigenvalue weighted by Crippen LogP contribution is -2.31. The maximum Gasteiger partial charge on any atom is 0.307 e. The average molecular weight is 318 g/mol. The van der Waals surface area contributed by atoms with Gasteiger partial charge in [0, 0.05) is 25.6 Å². The number of likely N-dealkylation sites (tertiary alicyclic amines) is 1. The maximum absolute atomic E-state index is 11.9. The Morgan fingerprint density at radius 3 is 2.91 bits per heavy atom. The SMILES string of the molecule is COC(=O)CCNC(=O)CCN1CCCC1c1cccc(C)c1. The van der Waals surface area contributed by atoms with Crippen LogP contribution in [0.2, 0.25) is 0 Å². The Bertz CT molecular complexity index is 545. The Hall–Kier alpha value is -1.88. The predicted octanol–water partition coefficient (Wildman–Crippen LogP) is 2.20. The molecule has 1 aliphatic heterocycles. The molecule has 1 aromatic rings. The third kappa shape index (κ3) is 5.36. The van der Waals surface area contributed by atoms with Crippen LogP contribution in [0.5, 0.6) is 0 Å². The lowest BCUT2D eigenvalue weighted by atomic mass is 10.0. The average Bonchev–Trinajstić information content (AvgIpc) is 3.01. The van der Waals surface area contributed by atoms with Gasteiger partial charge in [0.15, 0.2) is 0 Å². The monoisotopic (exact) mass is 318 g/mol. The molecule has 1 amide bonds. The number of hydrogen-bond acceptors (Lipinski definition) is 4. The fraction of sp³-hybridized carbons (Fsp3) is 0.556. The standard InChI is InChI=1S/C18H26N2O3/c1-14-5-3-6-15(13-14)16-7-4-11-20(16)12-9-17(21)19-10-8-18(22)23-2/h3,5-6,13,16H,4,7-12H2,1-2H3,(H,19,21). The smallest absolute Gasteiger partial charge is 0.307 e. The summed E-state index contributed by atoms with van der Waals surface area (Å²) in [6, 6.07) is 9.03. The van der Waals surface area contributed by atoms with E-state index in [1.807, 2.05) is 0 Å². The first-order valence-corrected chi connectivity index (χ1v) is 8.24. The number of carbonyl (C=O) groups is 2. The molecule has 23 heavy (non-hydrogen) atoms. The van der Waals surface area contributed by atoms with Crippen molar-refractivity contribution in [1.82, 2.24) is 10.2 Å². The molecule has 1 unspecified atom stereocenters. The number of benzene rings is 1. The van der Waals surface area contributed by atoms with Crippen LogP contribution >= 0.6 is 0 Å². The van der Waals surface area contributed by atoms with Crippen LogP contribution in [0, 0.1) is 6.92 Å². The van der Waals surface area contributed by atoms with Gasteiger partial charge in [0.05, 0.1) is 13.5 Å². The molecule has 126 valence electrons. The molecule has 1 heterocycles.